The molecule has 2 aliphatic rings. The molecule has 0 unspecified atom stereocenters. The van der Waals surface area contributed by atoms with Crippen LogP contribution >= 0.6 is 0 Å². The molecule has 1 aliphatic heterocycles. The first-order chi connectivity index (χ1) is 8.34. The van der Waals surface area contributed by atoms with Gasteiger partial charge in [-0.05, 0) is 19.8 Å². The molecular formula is C15H18N2. The van der Waals surface area contributed by atoms with E-state index in [1.54, 1.807) is 0 Å². The summed E-state index contributed by atoms with van der Waals surface area (Å²) in [7, 11) is 0. The second kappa shape index (κ2) is 4.44. The first-order valence-corrected chi connectivity index (χ1v) is 6.52. The maximum atomic E-state index is 4.94. The van der Waals surface area contributed by atoms with Crippen molar-refractivity contribution in [2.75, 3.05) is 0 Å². The van der Waals surface area contributed by atoms with E-state index in [2.05, 4.69) is 31.2 Å². The van der Waals surface area contributed by atoms with Crippen LogP contribution in [0.1, 0.15) is 38.2 Å². The van der Waals surface area contributed by atoms with Crippen molar-refractivity contribution in [2.24, 2.45) is 9.98 Å². The Bertz CT molecular complexity index is 459. The molecule has 0 radical (unpaired) electrons. The number of hydrogen-bond donors (Lipinski definition) is 0. The minimum Gasteiger partial charge on any atom is -0.282 e. The van der Waals surface area contributed by atoms with Gasteiger partial charge in [-0.3, -0.25) is 9.98 Å². The largest absolute Gasteiger partial charge is 0.282 e. The van der Waals surface area contributed by atoms with Crippen molar-refractivity contribution in [1.82, 2.24) is 0 Å². The predicted octanol–water partition coefficient (Wildman–Crippen LogP) is 3.26. The number of fused-ring (bicyclic) bond motifs is 1. The number of hydrogen-bond acceptors (Lipinski definition) is 2. The third-order valence-electron chi connectivity index (χ3n) is 3.74. The molecule has 3 rings (SSSR count). The fraction of sp³-hybridized carbons (Fsp3) is 0.467. The highest BCUT2D eigenvalue weighted by molar-refractivity contribution is 6.48. The molecule has 1 fully saturated rings. The summed E-state index contributed by atoms with van der Waals surface area (Å²) in [5, 5.41) is 0. The van der Waals surface area contributed by atoms with Crippen LogP contribution in [0.4, 0.5) is 0 Å². The molecule has 0 bridgehead atoms. The average molecular weight is 226 g/mol. The Morgan fingerprint density at radius 3 is 2.29 bits per heavy atom. The van der Waals surface area contributed by atoms with Gasteiger partial charge in [0.05, 0.1) is 23.5 Å². The number of nitrogens with zero attached hydrogens (tertiary/aromatic N) is 2. The molecule has 0 amide bonds. The average Bonchev–Trinajstić information content (AvgIpc) is 2.39. The van der Waals surface area contributed by atoms with Crippen LogP contribution in [0.15, 0.2) is 40.3 Å². The summed E-state index contributed by atoms with van der Waals surface area (Å²) in [5.41, 5.74) is 3.42. The molecule has 2 atom stereocenters. The van der Waals surface area contributed by atoms with Gasteiger partial charge in [0.15, 0.2) is 0 Å². The lowest BCUT2D eigenvalue weighted by Crippen LogP contribution is -2.34. The van der Waals surface area contributed by atoms with Gasteiger partial charge in [0.1, 0.15) is 0 Å². The van der Waals surface area contributed by atoms with Crippen LogP contribution in [-0.2, 0) is 0 Å². The lowest BCUT2D eigenvalue weighted by Gasteiger charge is -2.30. The van der Waals surface area contributed by atoms with E-state index in [1.165, 1.54) is 31.2 Å². The SMILES string of the molecule is CC1=N[C@H]2CCCC[C@@H]2N=C1c1ccccc1. The normalized spacial score (nSPS) is 28.1. The molecular weight excluding hydrogens is 208 g/mol. The van der Waals surface area contributed by atoms with Crippen LogP contribution in [0.2, 0.25) is 0 Å². The monoisotopic (exact) mass is 226 g/mol. The predicted molar refractivity (Wildman–Crippen MR) is 72.1 cm³/mol. The Hall–Kier alpha value is -1.44. The van der Waals surface area contributed by atoms with Crippen molar-refractivity contribution in [3.05, 3.63) is 35.9 Å². The fourth-order valence-corrected chi connectivity index (χ4v) is 2.84. The van der Waals surface area contributed by atoms with Crippen LogP contribution in [-0.4, -0.2) is 23.5 Å². The number of aliphatic imine (C=N–C) groups is 2. The van der Waals surface area contributed by atoms with Crippen molar-refractivity contribution in [3.63, 3.8) is 0 Å². The molecule has 2 nitrogen and oxygen atoms in total. The van der Waals surface area contributed by atoms with E-state index in [9.17, 15) is 0 Å². The molecule has 17 heavy (non-hydrogen) atoms. The summed E-state index contributed by atoms with van der Waals surface area (Å²) in [6.07, 6.45) is 5.04. The van der Waals surface area contributed by atoms with E-state index in [-0.39, 0.29) is 0 Å². The topological polar surface area (TPSA) is 24.7 Å². The molecule has 0 saturated heterocycles. The maximum absolute atomic E-state index is 4.94. The van der Waals surface area contributed by atoms with Crippen molar-refractivity contribution >= 4 is 11.4 Å². The van der Waals surface area contributed by atoms with E-state index in [0.717, 1.165) is 11.4 Å². The third-order valence-corrected chi connectivity index (χ3v) is 3.74. The minimum absolute atomic E-state index is 0.433. The zero-order valence-corrected chi connectivity index (χ0v) is 10.3. The highest BCUT2D eigenvalue weighted by atomic mass is 15.0. The molecule has 0 spiro atoms. The van der Waals surface area contributed by atoms with Gasteiger partial charge in [0.2, 0.25) is 0 Å². The van der Waals surface area contributed by atoms with E-state index in [0.29, 0.717) is 12.1 Å². The smallest absolute Gasteiger partial charge is 0.0858 e. The maximum Gasteiger partial charge on any atom is 0.0858 e. The minimum atomic E-state index is 0.433. The first-order valence-electron chi connectivity index (χ1n) is 6.52. The van der Waals surface area contributed by atoms with Gasteiger partial charge >= 0.3 is 0 Å². The Kier molecular flexibility index (Phi) is 2.79. The van der Waals surface area contributed by atoms with Gasteiger partial charge in [0, 0.05) is 5.56 Å². The molecule has 1 aromatic rings. The van der Waals surface area contributed by atoms with E-state index in [4.69, 9.17) is 9.98 Å². The fourth-order valence-electron chi connectivity index (χ4n) is 2.84. The Morgan fingerprint density at radius 2 is 1.59 bits per heavy atom. The third kappa shape index (κ3) is 2.04. The van der Waals surface area contributed by atoms with Crippen LogP contribution in [0.25, 0.3) is 0 Å². The van der Waals surface area contributed by atoms with Crippen molar-refractivity contribution in [3.8, 4) is 0 Å². The van der Waals surface area contributed by atoms with Gasteiger partial charge in [-0.15, -0.1) is 0 Å². The summed E-state index contributed by atoms with van der Waals surface area (Å²) in [6.45, 7) is 2.09. The van der Waals surface area contributed by atoms with E-state index in [1.807, 2.05) is 6.07 Å². The van der Waals surface area contributed by atoms with E-state index < -0.39 is 0 Å². The van der Waals surface area contributed by atoms with Crippen LogP contribution in [0.3, 0.4) is 0 Å². The highest BCUT2D eigenvalue weighted by Gasteiger charge is 2.28. The summed E-state index contributed by atoms with van der Waals surface area (Å²) in [6, 6.07) is 11.3. The van der Waals surface area contributed by atoms with Gasteiger partial charge in [0.25, 0.3) is 0 Å². The first kappa shape index (κ1) is 10.7. The molecule has 0 N–H and O–H groups in total. The zero-order valence-electron chi connectivity index (χ0n) is 10.3. The van der Waals surface area contributed by atoms with Gasteiger partial charge < -0.3 is 0 Å². The number of rotatable bonds is 1. The molecule has 0 aromatic heterocycles. The molecule has 1 saturated carbocycles. The Labute approximate surface area is 102 Å². The standard InChI is InChI=1S/C15H18N2/c1-11-15(12-7-3-2-4-8-12)17-14-10-6-5-9-13(14)16-11/h2-4,7-8,13-14H,5-6,9-10H2,1H3/t13-,14-/m0/s1. The molecule has 1 heterocycles. The van der Waals surface area contributed by atoms with E-state index >= 15 is 0 Å². The van der Waals surface area contributed by atoms with Crippen LogP contribution < -0.4 is 0 Å². The highest BCUT2D eigenvalue weighted by Crippen LogP contribution is 2.27. The van der Waals surface area contributed by atoms with Gasteiger partial charge in [-0.2, -0.15) is 0 Å². The number of benzene rings is 1. The van der Waals surface area contributed by atoms with Crippen LogP contribution in [0, 0.1) is 0 Å². The van der Waals surface area contributed by atoms with Crippen molar-refractivity contribution in [2.45, 2.75) is 44.7 Å². The summed E-state index contributed by atoms with van der Waals surface area (Å²) in [4.78, 5) is 9.79. The summed E-state index contributed by atoms with van der Waals surface area (Å²) in [5.74, 6) is 0. The quantitative estimate of drug-likeness (QED) is 0.702. The molecule has 1 aromatic carbocycles. The van der Waals surface area contributed by atoms with Crippen molar-refractivity contribution in [1.29, 1.82) is 0 Å². The summed E-state index contributed by atoms with van der Waals surface area (Å²) >= 11 is 0. The summed E-state index contributed by atoms with van der Waals surface area (Å²) < 4.78 is 0. The van der Waals surface area contributed by atoms with Crippen LogP contribution in [0.5, 0.6) is 0 Å². The molecule has 2 heteroatoms. The lowest BCUT2D eigenvalue weighted by atomic mass is 9.89. The second-order valence-electron chi connectivity index (χ2n) is 4.98. The lowest BCUT2D eigenvalue weighted by molar-refractivity contribution is 0.386. The van der Waals surface area contributed by atoms with Gasteiger partial charge in [-0.25, -0.2) is 0 Å². The second-order valence-corrected chi connectivity index (χ2v) is 4.98. The Morgan fingerprint density at radius 1 is 0.941 bits per heavy atom. The molecule has 88 valence electrons. The van der Waals surface area contributed by atoms with Crippen molar-refractivity contribution < 1.29 is 0 Å². The van der Waals surface area contributed by atoms with Gasteiger partial charge in [-0.1, -0.05) is 43.2 Å². The zero-order chi connectivity index (χ0) is 11.7. The molecule has 1 aliphatic carbocycles. The Balaban J connectivity index is 1.95.